The van der Waals surface area contributed by atoms with Crippen LogP contribution in [0.5, 0.6) is 11.5 Å². The fourth-order valence-electron chi connectivity index (χ4n) is 7.46. The largest absolute Gasteiger partial charge is 0.496 e. The molecule has 0 spiro atoms. The zero-order valence-electron chi connectivity index (χ0n) is 40.4. The summed E-state index contributed by atoms with van der Waals surface area (Å²) in [7, 11) is 3.48. The van der Waals surface area contributed by atoms with Crippen LogP contribution in [0.2, 0.25) is 0 Å². The van der Waals surface area contributed by atoms with E-state index in [0.717, 1.165) is 60.3 Å². The van der Waals surface area contributed by atoms with E-state index in [9.17, 15) is 14.7 Å². The van der Waals surface area contributed by atoms with Gasteiger partial charge in [-0.2, -0.15) is 0 Å². The Bertz CT molecular complexity index is 1440. The Labute approximate surface area is 357 Å². The van der Waals surface area contributed by atoms with E-state index in [1.165, 1.54) is 68.1 Å². The molecule has 0 bridgehead atoms. The fraction of sp³-hybridized carbons (Fsp3) is 0.731. The number of methoxy groups -OCH3 is 2. The molecule has 0 saturated heterocycles. The second kappa shape index (κ2) is 24.9. The van der Waals surface area contributed by atoms with Gasteiger partial charge in [0.1, 0.15) is 11.5 Å². The van der Waals surface area contributed by atoms with Crippen molar-refractivity contribution in [2.75, 3.05) is 20.8 Å². The van der Waals surface area contributed by atoms with Gasteiger partial charge in [0.2, 0.25) is 0 Å². The molecule has 0 aliphatic rings. The third-order valence-corrected chi connectivity index (χ3v) is 11.1. The molecule has 0 radical (unpaired) electrons. The van der Waals surface area contributed by atoms with Crippen LogP contribution < -0.4 is 9.47 Å². The van der Waals surface area contributed by atoms with Crippen molar-refractivity contribution >= 4 is 11.9 Å². The number of ether oxygens (including phenoxy) is 3. The van der Waals surface area contributed by atoms with Crippen LogP contribution in [-0.2, 0) is 48.8 Å². The van der Waals surface area contributed by atoms with E-state index >= 15 is 0 Å². The van der Waals surface area contributed by atoms with E-state index in [1.54, 1.807) is 14.2 Å². The molecule has 58 heavy (non-hydrogen) atoms. The van der Waals surface area contributed by atoms with E-state index in [-0.39, 0.29) is 33.5 Å². The third-order valence-electron chi connectivity index (χ3n) is 11.1. The zero-order chi connectivity index (χ0) is 44.3. The maximum absolute atomic E-state index is 12.2. The minimum atomic E-state index is -0.677. The Morgan fingerprint density at radius 1 is 0.552 bits per heavy atom. The molecule has 2 aromatic carbocycles. The average Bonchev–Trinajstić information content (AvgIpc) is 3.12. The number of hydrogen-bond donors (Lipinski definition) is 1. The highest BCUT2D eigenvalue weighted by Crippen LogP contribution is 2.42. The van der Waals surface area contributed by atoms with Gasteiger partial charge in [-0.05, 0) is 58.5 Å². The number of unbranched alkanes of at least 4 members (excludes halogenated alkanes) is 10. The molecule has 0 saturated carbocycles. The SMILES string of the molecule is CCCCCCCCC(Cc1cc(C(C)(C)C)c(OC)c(C(C)(C)C)c1)C(=O)O.CCCCCCCCOC(=O)CCc1cc(C(C)(C)C)c(OC)c(C(C)(C)C)c1. The van der Waals surface area contributed by atoms with Gasteiger partial charge in [0.15, 0.2) is 0 Å². The summed E-state index contributed by atoms with van der Waals surface area (Å²) < 4.78 is 17.1. The monoisotopic (exact) mass is 809 g/mol. The van der Waals surface area contributed by atoms with Crippen LogP contribution >= 0.6 is 0 Å². The second-order valence-electron chi connectivity index (χ2n) is 20.7. The predicted octanol–water partition coefficient (Wildman–Crippen LogP) is 14.4. The first-order chi connectivity index (χ1) is 26.9. The number of benzene rings is 2. The second-order valence-corrected chi connectivity index (χ2v) is 20.7. The lowest BCUT2D eigenvalue weighted by Crippen LogP contribution is -2.21. The molecule has 332 valence electrons. The van der Waals surface area contributed by atoms with E-state index < -0.39 is 5.97 Å². The molecule has 0 fully saturated rings. The molecule has 1 atom stereocenters. The first-order valence-corrected chi connectivity index (χ1v) is 22.7. The molecule has 6 nitrogen and oxygen atoms in total. The predicted molar refractivity (Wildman–Crippen MR) is 246 cm³/mol. The van der Waals surface area contributed by atoms with Gasteiger partial charge in [0, 0.05) is 28.7 Å². The number of rotatable bonds is 22. The van der Waals surface area contributed by atoms with Gasteiger partial charge in [-0.1, -0.05) is 192 Å². The van der Waals surface area contributed by atoms with Crippen LogP contribution in [0.25, 0.3) is 0 Å². The normalized spacial score (nSPS) is 12.8. The molecular formula is C52H88O6. The number of hydrogen-bond acceptors (Lipinski definition) is 5. The minimum absolute atomic E-state index is 0.0281. The lowest BCUT2D eigenvalue weighted by molar-refractivity contribution is -0.144. The molecule has 0 aliphatic heterocycles. The summed E-state index contributed by atoms with van der Waals surface area (Å²) in [6.45, 7) is 31.3. The molecule has 0 aromatic heterocycles. The van der Waals surface area contributed by atoms with Gasteiger partial charge < -0.3 is 19.3 Å². The molecular weight excluding hydrogens is 721 g/mol. The standard InChI is InChI=1S/2C26H44O3/c1-9-10-11-12-13-14-17-29-23(27)16-15-20-18-21(25(2,3)4)24(28-8)22(19-20)26(5,6)7;1-9-10-11-12-13-14-15-20(24(27)28)16-19-17-21(25(2,3)4)23(29-8)22(18-19)26(5,6)7/h18-19H,9-17H2,1-8H3;17-18,20H,9-16H2,1-8H3,(H,27,28). The molecule has 1 unspecified atom stereocenters. The summed E-state index contributed by atoms with van der Waals surface area (Å²) in [4.78, 5) is 24.1. The lowest BCUT2D eigenvalue weighted by atomic mass is 9.77. The van der Waals surface area contributed by atoms with Crippen molar-refractivity contribution in [1.82, 2.24) is 0 Å². The van der Waals surface area contributed by atoms with Crippen LogP contribution in [0, 0.1) is 5.92 Å². The van der Waals surface area contributed by atoms with Gasteiger partial charge in [0.05, 0.1) is 26.7 Å². The Morgan fingerprint density at radius 3 is 1.28 bits per heavy atom. The van der Waals surface area contributed by atoms with E-state index in [1.807, 2.05) is 0 Å². The molecule has 0 heterocycles. The number of carbonyl (C=O) groups excluding carboxylic acids is 1. The molecule has 6 heteroatoms. The Balaban J connectivity index is 0.000000580. The van der Waals surface area contributed by atoms with Gasteiger partial charge in [-0.3, -0.25) is 9.59 Å². The quantitative estimate of drug-likeness (QED) is 0.0942. The van der Waals surface area contributed by atoms with Crippen molar-refractivity contribution in [3.8, 4) is 11.5 Å². The Hall–Kier alpha value is -3.02. The minimum Gasteiger partial charge on any atom is -0.496 e. The van der Waals surface area contributed by atoms with Crippen molar-refractivity contribution in [2.45, 2.75) is 221 Å². The molecule has 2 aromatic rings. The number of aryl methyl sites for hydroxylation is 1. The summed E-state index contributed by atoms with van der Waals surface area (Å²) in [5.41, 5.74) is 6.80. The van der Waals surface area contributed by atoms with Crippen LogP contribution in [0.3, 0.4) is 0 Å². The van der Waals surface area contributed by atoms with Crippen LogP contribution in [0.15, 0.2) is 24.3 Å². The van der Waals surface area contributed by atoms with Crippen LogP contribution in [0.1, 0.15) is 220 Å². The molecule has 0 amide bonds. The summed E-state index contributed by atoms with van der Waals surface area (Å²) in [5, 5.41) is 9.81. The highest BCUT2D eigenvalue weighted by Gasteiger charge is 2.30. The zero-order valence-corrected chi connectivity index (χ0v) is 40.4. The number of esters is 1. The van der Waals surface area contributed by atoms with E-state index in [2.05, 4.69) is 121 Å². The van der Waals surface area contributed by atoms with Crippen LogP contribution in [-0.4, -0.2) is 37.9 Å². The smallest absolute Gasteiger partial charge is 0.306 e. The van der Waals surface area contributed by atoms with Crippen molar-refractivity contribution in [3.05, 3.63) is 57.6 Å². The van der Waals surface area contributed by atoms with Crippen molar-refractivity contribution in [2.24, 2.45) is 5.92 Å². The lowest BCUT2D eigenvalue weighted by Gasteiger charge is -2.30. The van der Waals surface area contributed by atoms with Crippen LogP contribution in [0.4, 0.5) is 0 Å². The summed E-state index contributed by atoms with van der Waals surface area (Å²) in [6, 6.07) is 8.75. The van der Waals surface area contributed by atoms with E-state index in [4.69, 9.17) is 14.2 Å². The molecule has 2 rings (SSSR count). The Kier molecular flexibility index (Phi) is 22.8. The van der Waals surface area contributed by atoms with Gasteiger partial charge in [0.25, 0.3) is 0 Å². The fourth-order valence-corrected chi connectivity index (χ4v) is 7.46. The highest BCUT2D eigenvalue weighted by atomic mass is 16.5. The number of carboxylic acid groups (broad SMARTS) is 1. The topological polar surface area (TPSA) is 82.1 Å². The number of carbonyl (C=O) groups is 2. The summed E-state index contributed by atoms with van der Waals surface area (Å²) in [6.07, 6.45) is 16.8. The first kappa shape index (κ1) is 53.0. The maximum Gasteiger partial charge on any atom is 0.306 e. The average molecular weight is 809 g/mol. The van der Waals surface area contributed by atoms with E-state index in [0.29, 0.717) is 25.9 Å². The third kappa shape index (κ3) is 18.9. The van der Waals surface area contributed by atoms with Crippen molar-refractivity contribution < 1.29 is 28.9 Å². The van der Waals surface area contributed by atoms with Crippen molar-refractivity contribution in [1.29, 1.82) is 0 Å². The van der Waals surface area contributed by atoms with Gasteiger partial charge in [-0.25, -0.2) is 0 Å². The summed E-state index contributed by atoms with van der Waals surface area (Å²) in [5.74, 6) is 0.819. The van der Waals surface area contributed by atoms with Gasteiger partial charge in [-0.15, -0.1) is 0 Å². The highest BCUT2D eigenvalue weighted by molar-refractivity contribution is 5.70. The molecule has 0 aliphatic carbocycles. The number of aliphatic carboxylic acids is 1. The van der Waals surface area contributed by atoms with Crippen molar-refractivity contribution in [3.63, 3.8) is 0 Å². The first-order valence-electron chi connectivity index (χ1n) is 22.7. The summed E-state index contributed by atoms with van der Waals surface area (Å²) >= 11 is 0. The van der Waals surface area contributed by atoms with Gasteiger partial charge >= 0.3 is 11.9 Å². The maximum atomic E-state index is 12.2. The number of carboxylic acids is 1. The molecule has 1 N–H and O–H groups in total. The Morgan fingerprint density at radius 2 is 0.914 bits per heavy atom.